The number of hydrogen-bond donors (Lipinski definition) is 8. The molecule has 0 spiro atoms. The summed E-state index contributed by atoms with van der Waals surface area (Å²) in [4.78, 5) is 64.9. The number of nitrogens with one attached hydrogen (secondary N) is 4. The van der Waals surface area contributed by atoms with Crippen molar-refractivity contribution in [3.8, 4) is 0 Å². The number of aromatic nitrogens is 2. The summed E-state index contributed by atoms with van der Waals surface area (Å²) in [6.07, 6.45) is 1.20. The molecule has 4 amide bonds. The summed E-state index contributed by atoms with van der Waals surface area (Å²) in [5, 5.41) is 25.7. The Morgan fingerprint density at radius 3 is 2.39 bits per heavy atom. The van der Waals surface area contributed by atoms with Gasteiger partial charge in [-0.25, -0.2) is 9.78 Å². The van der Waals surface area contributed by atoms with E-state index in [0.29, 0.717) is 5.69 Å². The molecule has 1 aromatic rings. The van der Waals surface area contributed by atoms with E-state index in [9.17, 15) is 34.2 Å². The number of nitrogens with zero attached hydrogens (tertiary/aromatic N) is 1. The van der Waals surface area contributed by atoms with Crippen molar-refractivity contribution in [2.45, 2.75) is 50.4 Å². The molecule has 14 heteroatoms. The van der Waals surface area contributed by atoms with Gasteiger partial charge in [-0.15, -0.1) is 0 Å². The Morgan fingerprint density at radius 1 is 1.19 bits per heavy atom. The highest BCUT2D eigenvalue weighted by atomic mass is 16.4. The largest absolute Gasteiger partial charge is 0.480 e. The van der Waals surface area contributed by atoms with Gasteiger partial charge in [-0.2, -0.15) is 0 Å². The maximum absolute atomic E-state index is 12.3. The van der Waals surface area contributed by atoms with Crippen LogP contribution in [-0.2, 0) is 30.4 Å². The number of carboxylic acids is 1. The first-order valence-corrected chi connectivity index (χ1v) is 9.30. The average molecular weight is 441 g/mol. The number of aliphatic hydroxyl groups is 1. The zero-order chi connectivity index (χ0) is 23.6. The van der Waals surface area contributed by atoms with E-state index in [-0.39, 0.29) is 19.3 Å². The number of imidazole rings is 1. The normalized spacial score (nSPS) is 14.5. The molecular formula is C17H27N7O7. The number of rotatable bonds is 13. The molecule has 0 aliphatic carbocycles. The minimum absolute atomic E-state index is 0.0510. The van der Waals surface area contributed by atoms with Crippen molar-refractivity contribution in [2.24, 2.45) is 11.5 Å². The maximum Gasteiger partial charge on any atom is 0.326 e. The molecule has 0 radical (unpaired) electrons. The van der Waals surface area contributed by atoms with Crippen molar-refractivity contribution in [3.05, 3.63) is 18.2 Å². The average Bonchev–Trinajstić information content (AvgIpc) is 3.20. The first-order valence-electron chi connectivity index (χ1n) is 9.30. The predicted octanol–water partition coefficient (Wildman–Crippen LogP) is -3.90. The lowest BCUT2D eigenvalue weighted by Gasteiger charge is -2.22. The second-order valence-corrected chi connectivity index (χ2v) is 6.80. The third kappa shape index (κ3) is 9.22. The highest BCUT2D eigenvalue weighted by Gasteiger charge is 2.28. The Kier molecular flexibility index (Phi) is 10.1. The molecule has 0 bridgehead atoms. The lowest BCUT2D eigenvalue weighted by molar-refractivity contribution is -0.141. The van der Waals surface area contributed by atoms with Crippen LogP contribution in [0.5, 0.6) is 0 Å². The van der Waals surface area contributed by atoms with Gasteiger partial charge in [0.25, 0.3) is 0 Å². The number of nitrogens with two attached hydrogens (primary N) is 2. The third-order valence-electron chi connectivity index (χ3n) is 4.14. The summed E-state index contributed by atoms with van der Waals surface area (Å²) in [7, 11) is 0. The fourth-order valence-electron chi connectivity index (χ4n) is 2.43. The van der Waals surface area contributed by atoms with Crippen LogP contribution in [0.15, 0.2) is 12.5 Å². The first kappa shape index (κ1) is 25.5. The minimum Gasteiger partial charge on any atom is -0.480 e. The molecular weight excluding hydrogens is 414 g/mol. The molecule has 0 aliphatic heterocycles. The molecule has 14 nitrogen and oxygen atoms in total. The van der Waals surface area contributed by atoms with Crippen LogP contribution in [0.3, 0.4) is 0 Å². The molecule has 10 N–H and O–H groups in total. The Labute approximate surface area is 177 Å². The van der Waals surface area contributed by atoms with Gasteiger partial charge >= 0.3 is 5.97 Å². The number of aliphatic carboxylic acids is 1. The van der Waals surface area contributed by atoms with Crippen LogP contribution in [0.2, 0.25) is 0 Å². The quantitative estimate of drug-likeness (QED) is 0.149. The van der Waals surface area contributed by atoms with E-state index in [2.05, 4.69) is 25.9 Å². The zero-order valence-electron chi connectivity index (χ0n) is 16.8. The summed E-state index contributed by atoms with van der Waals surface area (Å²) >= 11 is 0. The molecule has 4 atom stereocenters. The second kappa shape index (κ2) is 12.2. The van der Waals surface area contributed by atoms with Gasteiger partial charge in [0, 0.05) is 24.7 Å². The summed E-state index contributed by atoms with van der Waals surface area (Å²) in [6.45, 7) is 0.642. The monoisotopic (exact) mass is 441 g/mol. The number of carboxylic acid groups (broad SMARTS) is 1. The van der Waals surface area contributed by atoms with E-state index in [0.717, 1.165) is 0 Å². The Bertz CT molecular complexity index is 782. The van der Waals surface area contributed by atoms with Crippen molar-refractivity contribution in [1.29, 1.82) is 0 Å². The van der Waals surface area contributed by atoms with E-state index in [4.69, 9.17) is 11.5 Å². The summed E-state index contributed by atoms with van der Waals surface area (Å²) < 4.78 is 0. The summed E-state index contributed by atoms with van der Waals surface area (Å²) in [5.74, 6) is -4.41. The van der Waals surface area contributed by atoms with Crippen molar-refractivity contribution in [2.75, 3.05) is 6.54 Å². The number of aliphatic hydroxyl groups excluding tert-OH is 1. The smallest absolute Gasteiger partial charge is 0.326 e. The van der Waals surface area contributed by atoms with E-state index in [1.807, 2.05) is 0 Å². The highest BCUT2D eigenvalue weighted by molar-refractivity contribution is 5.93. The second-order valence-electron chi connectivity index (χ2n) is 6.80. The van der Waals surface area contributed by atoms with E-state index >= 15 is 0 Å². The number of aromatic amines is 1. The Morgan fingerprint density at radius 2 is 1.87 bits per heavy atom. The number of carbonyl (C=O) groups is 5. The zero-order valence-corrected chi connectivity index (χ0v) is 16.8. The van der Waals surface area contributed by atoms with Gasteiger partial charge in [-0.05, 0) is 13.3 Å². The topological polar surface area (TPSA) is 243 Å². The fourth-order valence-corrected chi connectivity index (χ4v) is 2.43. The molecule has 31 heavy (non-hydrogen) atoms. The van der Waals surface area contributed by atoms with Crippen LogP contribution in [-0.4, -0.2) is 80.6 Å². The molecule has 1 heterocycles. The van der Waals surface area contributed by atoms with Crippen LogP contribution in [0.1, 0.15) is 25.5 Å². The number of H-pyrrole nitrogens is 1. The fraction of sp³-hybridized carbons (Fsp3) is 0.529. The van der Waals surface area contributed by atoms with Crippen LogP contribution >= 0.6 is 0 Å². The number of hydrogen-bond acceptors (Lipinski definition) is 8. The maximum atomic E-state index is 12.3. The first-order chi connectivity index (χ1) is 14.5. The van der Waals surface area contributed by atoms with Crippen molar-refractivity contribution >= 4 is 29.6 Å². The molecule has 1 aromatic heterocycles. The minimum atomic E-state index is -1.43. The van der Waals surface area contributed by atoms with Crippen LogP contribution in [0.4, 0.5) is 0 Å². The van der Waals surface area contributed by atoms with Crippen molar-refractivity contribution in [1.82, 2.24) is 25.9 Å². The lowest BCUT2D eigenvalue weighted by Crippen LogP contribution is -2.57. The van der Waals surface area contributed by atoms with Crippen LogP contribution in [0, 0.1) is 0 Å². The highest BCUT2D eigenvalue weighted by Crippen LogP contribution is 2.00. The Hall–Kier alpha value is -3.52. The van der Waals surface area contributed by atoms with Crippen molar-refractivity contribution < 1.29 is 34.2 Å². The Balaban J connectivity index is 2.59. The SMILES string of the molecule is CC(O)C(NC(=O)C(N)CCC(N)=O)C(=O)NCC(=O)NC(Cc1cnc[nH]1)C(=O)O. The van der Waals surface area contributed by atoms with Gasteiger partial charge in [0.2, 0.25) is 23.6 Å². The number of carbonyl (C=O) groups excluding carboxylic acids is 4. The van der Waals surface area contributed by atoms with Gasteiger partial charge in [-0.3, -0.25) is 19.2 Å². The molecule has 0 saturated carbocycles. The van der Waals surface area contributed by atoms with Gasteiger partial charge in [-0.1, -0.05) is 0 Å². The molecule has 0 saturated heterocycles. The van der Waals surface area contributed by atoms with Gasteiger partial charge in [0.1, 0.15) is 12.1 Å². The van der Waals surface area contributed by atoms with Gasteiger partial charge in [0.15, 0.2) is 0 Å². The molecule has 172 valence electrons. The van der Waals surface area contributed by atoms with E-state index in [1.54, 1.807) is 0 Å². The van der Waals surface area contributed by atoms with E-state index < -0.39 is 60.4 Å². The van der Waals surface area contributed by atoms with Gasteiger partial charge in [0.05, 0.1) is 25.0 Å². The molecule has 4 unspecified atom stereocenters. The molecule has 0 fully saturated rings. The summed E-state index contributed by atoms with van der Waals surface area (Å²) in [6, 6.07) is -3.83. The lowest BCUT2D eigenvalue weighted by atomic mass is 10.1. The standard InChI is InChI=1S/C17H27N7O7/c1-8(25)14(24-15(28)10(18)2-3-12(19)26)16(29)21-6-13(27)23-11(17(30)31)4-9-5-20-7-22-9/h5,7-8,10-11,14,25H,2-4,6,18H2,1H3,(H2,19,26)(H,20,22)(H,21,29)(H,23,27)(H,24,28)(H,30,31). The van der Waals surface area contributed by atoms with Crippen LogP contribution < -0.4 is 27.4 Å². The third-order valence-corrected chi connectivity index (χ3v) is 4.14. The number of primary amides is 1. The van der Waals surface area contributed by atoms with E-state index in [1.165, 1.54) is 19.4 Å². The number of amides is 4. The van der Waals surface area contributed by atoms with Crippen LogP contribution in [0.25, 0.3) is 0 Å². The molecule has 0 aromatic carbocycles. The predicted molar refractivity (Wildman–Crippen MR) is 105 cm³/mol. The van der Waals surface area contributed by atoms with Crippen molar-refractivity contribution in [3.63, 3.8) is 0 Å². The van der Waals surface area contributed by atoms with Gasteiger partial charge < -0.3 is 42.6 Å². The summed E-state index contributed by atoms with van der Waals surface area (Å²) in [5.41, 5.74) is 11.1. The molecule has 1 rings (SSSR count). The molecule has 0 aliphatic rings.